The first-order chi connectivity index (χ1) is 9.47. The second-order valence-electron chi connectivity index (χ2n) is 5.41. The summed E-state index contributed by atoms with van der Waals surface area (Å²) in [7, 11) is 0. The molecule has 0 amide bonds. The zero-order valence-corrected chi connectivity index (χ0v) is 12.2. The molecule has 0 spiro atoms. The van der Waals surface area contributed by atoms with Gasteiger partial charge in [0, 0.05) is 17.5 Å². The Balaban J connectivity index is 2.17. The van der Waals surface area contributed by atoms with Crippen molar-refractivity contribution in [3.05, 3.63) is 35.6 Å². The number of benzene rings is 1. The molecule has 1 aromatic heterocycles. The highest BCUT2D eigenvalue weighted by atomic mass is 16.4. The van der Waals surface area contributed by atoms with Gasteiger partial charge >= 0.3 is 5.97 Å². The molecule has 0 saturated heterocycles. The van der Waals surface area contributed by atoms with Crippen LogP contribution < -0.4 is 5.32 Å². The second kappa shape index (κ2) is 5.67. The normalized spacial score (nSPS) is 11.9. The van der Waals surface area contributed by atoms with Crippen molar-refractivity contribution in [1.82, 2.24) is 5.32 Å². The van der Waals surface area contributed by atoms with E-state index in [0.29, 0.717) is 5.58 Å². The summed E-state index contributed by atoms with van der Waals surface area (Å²) >= 11 is 0. The SMILES string of the molecule is CCC(C)(CC)NCc1ccc2oc(C(=O)O)cc2c1. The Morgan fingerprint density at radius 1 is 1.30 bits per heavy atom. The molecule has 0 radical (unpaired) electrons. The van der Waals surface area contributed by atoms with Crippen LogP contribution in [0.5, 0.6) is 0 Å². The van der Waals surface area contributed by atoms with Crippen LogP contribution in [0.15, 0.2) is 28.7 Å². The van der Waals surface area contributed by atoms with E-state index in [4.69, 9.17) is 9.52 Å². The van der Waals surface area contributed by atoms with Crippen molar-refractivity contribution in [3.8, 4) is 0 Å². The van der Waals surface area contributed by atoms with Crippen LogP contribution in [0.4, 0.5) is 0 Å². The third-order valence-electron chi connectivity index (χ3n) is 4.07. The molecule has 0 aliphatic heterocycles. The molecule has 2 rings (SSSR count). The number of nitrogens with one attached hydrogen (secondary N) is 1. The van der Waals surface area contributed by atoms with Crippen LogP contribution in [-0.2, 0) is 6.54 Å². The molecule has 20 heavy (non-hydrogen) atoms. The molecule has 2 N–H and O–H groups in total. The van der Waals surface area contributed by atoms with Gasteiger partial charge in [-0.1, -0.05) is 19.9 Å². The van der Waals surface area contributed by atoms with Crippen LogP contribution in [0.25, 0.3) is 11.0 Å². The summed E-state index contributed by atoms with van der Waals surface area (Å²) in [4.78, 5) is 10.9. The second-order valence-corrected chi connectivity index (χ2v) is 5.41. The number of hydrogen-bond donors (Lipinski definition) is 2. The van der Waals surface area contributed by atoms with Gasteiger partial charge in [0.25, 0.3) is 0 Å². The quantitative estimate of drug-likeness (QED) is 0.841. The highest BCUT2D eigenvalue weighted by molar-refractivity contribution is 5.91. The van der Waals surface area contributed by atoms with Crippen LogP contribution in [0.1, 0.15) is 49.7 Å². The first-order valence-corrected chi connectivity index (χ1v) is 6.98. The van der Waals surface area contributed by atoms with Gasteiger partial charge in [-0.2, -0.15) is 0 Å². The van der Waals surface area contributed by atoms with Gasteiger partial charge in [-0.15, -0.1) is 0 Å². The minimum absolute atomic E-state index is 0.0166. The molecule has 4 nitrogen and oxygen atoms in total. The van der Waals surface area contributed by atoms with Crippen molar-refractivity contribution in [1.29, 1.82) is 0 Å². The zero-order valence-electron chi connectivity index (χ0n) is 12.2. The molecule has 0 atom stereocenters. The summed E-state index contributed by atoms with van der Waals surface area (Å²) in [5, 5.41) is 13.3. The summed E-state index contributed by atoms with van der Waals surface area (Å²) in [6.07, 6.45) is 2.14. The van der Waals surface area contributed by atoms with Gasteiger partial charge in [-0.3, -0.25) is 0 Å². The lowest BCUT2D eigenvalue weighted by atomic mass is 9.95. The number of carboxylic acids is 1. The predicted molar refractivity (Wildman–Crippen MR) is 79.0 cm³/mol. The standard InChI is InChI=1S/C16H21NO3/c1-4-16(3,5-2)17-10-11-6-7-13-12(8-11)9-14(20-13)15(18)19/h6-9,17H,4-5,10H2,1-3H3,(H,18,19). The highest BCUT2D eigenvalue weighted by Crippen LogP contribution is 2.22. The molecule has 1 heterocycles. The van der Waals surface area contributed by atoms with Gasteiger partial charge in [0.1, 0.15) is 5.58 Å². The Morgan fingerprint density at radius 3 is 2.60 bits per heavy atom. The molecule has 0 unspecified atom stereocenters. The zero-order chi connectivity index (χ0) is 14.8. The van der Waals surface area contributed by atoms with E-state index in [1.165, 1.54) is 0 Å². The molecule has 0 saturated carbocycles. The Kier molecular flexibility index (Phi) is 4.14. The number of furan rings is 1. The van der Waals surface area contributed by atoms with E-state index in [-0.39, 0.29) is 11.3 Å². The molecule has 0 aliphatic carbocycles. The van der Waals surface area contributed by atoms with E-state index < -0.39 is 5.97 Å². The van der Waals surface area contributed by atoms with Crippen LogP contribution in [0, 0.1) is 0 Å². The van der Waals surface area contributed by atoms with E-state index in [2.05, 4.69) is 26.1 Å². The van der Waals surface area contributed by atoms with Gasteiger partial charge < -0.3 is 14.8 Å². The van der Waals surface area contributed by atoms with Crippen molar-refractivity contribution >= 4 is 16.9 Å². The third-order valence-corrected chi connectivity index (χ3v) is 4.07. The number of carbonyl (C=O) groups is 1. The summed E-state index contributed by atoms with van der Waals surface area (Å²) in [6, 6.07) is 7.34. The van der Waals surface area contributed by atoms with E-state index >= 15 is 0 Å². The first kappa shape index (κ1) is 14.6. The van der Waals surface area contributed by atoms with Crippen molar-refractivity contribution in [2.24, 2.45) is 0 Å². The molecule has 1 aromatic carbocycles. The van der Waals surface area contributed by atoms with Crippen LogP contribution >= 0.6 is 0 Å². The van der Waals surface area contributed by atoms with Crippen LogP contribution in [0.2, 0.25) is 0 Å². The molecule has 2 aromatic rings. The largest absolute Gasteiger partial charge is 0.475 e. The fraction of sp³-hybridized carbons (Fsp3) is 0.438. The summed E-state index contributed by atoms with van der Waals surface area (Å²) < 4.78 is 5.25. The van der Waals surface area contributed by atoms with Crippen molar-refractivity contribution in [2.75, 3.05) is 0 Å². The van der Waals surface area contributed by atoms with E-state index in [9.17, 15) is 4.79 Å². The van der Waals surface area contributed by atoms with Gasteiger partial charge in [-0.05, 0) is 43.5 Å². The third kappa shape index (κ3) is 3.02. The van der Waals surface area contributed by atoms with Gasteiger partial charge in [0.15, 0.2) is 0 Å². The smallest absolute Gasteiger partial charge is 0.371 e. The lowest BCUT2D eigenvalue weighted by Crippen LogP contribution is -2.40. The van der Waals surface area contributed by atoms with E-state index in [0.717, 1.165) is 30.3 Å². The maximum Gasteiger partial charge on any atom is 0.371 e. The van der Waals surface area contributed by atoms with Gasteiger partial charge in [-0.25, -0.2) is 4.79 Å². The summed E-state index contributed by atoms with van der Waals surface area (Å²) in [6.45, 7) is 7.33. The van der Waals surface area contributed by atoms with Crippen molar-refractivity contribution < 1.29 is 14.3 Å². The minimum atomic E-state index is -1.04. The molecular formula is C16H21NO3. The van der Waals surface area contributed by atoms with Gasteiger partial charge in [0.2, 0.25) is 5.76 Å². The lowest BCUT2D eigenvalue weighted by molar-refractivity contribution is 0.0665. The minimum Gasteiger partial charge on any atom is -0.475 e. The summed E-state index contributed by atoms with van der Waals surface area (Å²) in [5.41, 5.74) is 1.88. The fourth-order valence-corrected chi connectivity index (χ4v) is 2.12. The molecular weight excluding hydrogens is 254 g/mol. The molecule has 4 heteroatoms. The Morgan fingerprint density at radius 2 is 2.00 bits per heavy atom. The Bertz CT molecular complexity index is 611. The fourth-order valence-electron chi connectivity index (χ4n) is 2.12. The molecule has 0 bridgehead atoms. The van der Waals surface area contributed by atoms with Crippen molar-refractivity contribution in [3.63, 3.8) is 0 Å². The van der Waals surface area contributed by atoms with Crippen LogP contribution in [0.3, 0.4) is 0 Å². The van der Waals surface area contributed by atoms with Crippen molar-refractivity contribution in [2.45, 2.75) is 45.7 Å². The maximum absolute atomic E-state index is 10.9. The number of aromatic carboxylic acids is 1. The predicted octanol–water partition coefficient (Wildman–Crippen LogP) is 3.80. The highest BCUT2D eigenvalue weighted by Gasteiger charge is 2.18. The van der Waals surface area contributed by atoms with E-state index in [1.807, 2.05) is 18.2 Å². The number of carboxylic acid groups (broad SMARTS) is 1. The van der Waals surface area contributed by atoms with Crippen LogP contribution in [-0.4, -0.2) is 16.6 Å². The number of fused-ring (bicyclic) bond motifs is 1. The molecule has 0 fully saturated rings. The average Bonchev–Trinajstić information content (AvgIpc) is 2.88. The Labute approximate surface area is 118 Å². The summed E-state index contributed by atoms with van der Waals surface area (Å²) in [5.74, 6) is -1.05. The monoisotopic (exact) mass is 275 g/mol. The Hall–Kier alpha value is -1.81. The maximum atomic E-state index is 10.9. The first-order valence-electron chi connectivity index (χ1n) is 6.98. The number of rotatable bonds is 6. The van der Waals surface area contributed by atoms with Gasteiger partial charge in [0.05, 0.1) is 0 Å². The average molecular weight is 275 g/mol. The molecule has 108 valence electrons. The van der Waals surface area contributed by atoms with E-state index in [1.54, 1.807) is 6.07 Å². The number of hydrogen-bond acceptors (Lipinski definition) is 3. The lowest BCUT2D eigenvalue weighted by Gasteiger charge is -2.28. The topological polar surface area (TPSA) is 62.5 Å². The molecule has 0 aliphatic rings.